The van der Waals surface area contributed by atoms with Crippen LogP contribution in [0.25, 0.3) is 0 Å². The summed E-state index contributed by atoms with van der Waals surface area (Å²) in [7, 11) is 0.126. The molecule has 9 heavy (non-hydrogen) atoms. The molecule has 0 saturated carbocycles. The third-order valence-electron chi connectivity index (χ3n) is 0.532. The lowest BCUT2D eigenvalue weighted by molar-refractivity contribution is -0.136. The van der Waals surface area contributed by atoms with Crippen molar-refractivity contribution in [1.82, 2.24) is 0 Å². The number of hydrogen-bond donors (Lipinski definition) is 0. The Morgan fingerprint density at radius 3 is 2.56 bits per heavy atom. The summed E-state index contributed by atoms with van der Waals surface area (Å²) < 4.78 is 4.28. The largest absolute Gasteiger partial charge is 0.395 e. The minimum Gasteiger partial charge on any atom is -0.395 e. The molecule has 0 heterocycles. The smallest absolute Gasteiger partial charge is 0.322 e. The van der Waals surface area contributed by atoms with Crippen LogP contribution < -0.4 is 0 Å². The Hall–Kier alpha value is -0.340. The Kier molecular flexibility index (Phi) is 4.36. The van der Waals surface area contributed by atoms with Crippen molar-refractivity contribution in [2.75, 3.05) is 0 Å². The zero-order valence-corrected chi connectivity index (χ0v) is 6.50. The van der Waals surface area contributed by atoms with Gasteiger partial charge in [-0.2, -0.15) is 0 Å². The minimum atomic E-state index is -0.556. The first kappa shape index (κ1) is 8.66. The van der Waals surface area contributed by atoms with E-state index in [1.807, 2.05) is 0 Å². The molecular formula is C4H5O3PS. The number of carbonyl (C=O) groups is 2. The van der Waals surface area contributed by atoms with E-state index < -0.39 is 5.97 Å². The first-order chi connectivity index (χ1) is 4.16. The molecule has 0 N–H and O–H groups in total. The first-order valence-electron chi connectivity index (χ1n) is 2.18. The fraction of sp³-hybridized carbons (Fsp3) is 0.500. The van der Waals surface area contributed by atoms with Gasteiger partial charge in [-0.3, -0.25) is 9.59 Å². The molecule has 5 heteroatoms. The van der Waals surface area contributed by atoms with Crippen LogP contribution in [0.5, 0.6) is 0 Å². The van der Waals surface area contributed by atoms with Crippen LogP contribution in [-0.2, 0) is 25.9 Å². The molecule has 0 aromatic rings. The van der Waals surface area contributed by atoms with Gasteiger partial charge in [0.15, 0.2) is 0 Å². The van der Waals surface area contributed by atoms with E-state index in [2.05, 4.69) is 16.3 Å². The average Bonchev–Trinajstić information content (AvgIpc) is 1.63. The molecular weight excluding hydrogens is 159 g/mol. The predicted molar refractivity (Wildman–Crippen MR) is 35.7 cm³/mol. The maximum atomic E-state index is 10.3. The second kappa shape index (κ2) is 4.53. The zero-order chi connectivity index (χ0) is 7.28. The molecule has 0 atom stereocenters. The summed E-state index contributed by atoms with van der Waals surface area (Å²) in [4.78, 5) is 20.5. The van der Waals surface area contributed by atoms with Crippen LogP contribution in [-0.4, -0.2) is 11.8 Å². The summed E-state index contributed by atoms with van der Waals surface area (Å²) in [6, 6.07) is 0. The normalized spacial score (nSPS) is 9.00. The maximum Gasteiger partial charge on any atom is 0.322 e. The lowest BCUT2D eigenvalue weighted by Gasteiger charge is -1.89. The Labute approximate surface area is 59.3 Å². The molecule has 0 spiro atoms. The van der Waals surface area contributed by atoms with Crippen molar-refractivity contribution in [2.24, 2.45) is 0 Å². The van der Waals surface area contributed by atoms with Gasteiger partial charge in [0.1, 0.15) is 12.2 Å². The standard InChI is InChI=1S/C4H5O3PS/c1-3(5)2-4(6)7-8-9/h2H2,1H3. The second-order valence-electron chi connectivity index (χ2n) is 1.42. The lowest BCUT2D eigenvalue weighted by atomic mass is 10.3. The number of carbonyl (C=O) groups excluding carboxylic acids is 2. The Bertz CT molecular complexity index is 145. The van der Waals surface area contributed by atoms with Crippen molar-refractivity contribution in [3.05, 3.63) is 0 Å². The van der Waals surface area contributed by atoms with Crippen molar-refractivity contribution in [2.45, 2.75) is 13.3 Å². The molecule has 0 amide bonds. The molecule has 0 saturated heterocycles. The van der Waals surface area contributed by atoms with Gasteiger partial charge in [0.25, 0.3) is 0 Å². The van der Waals surface area contributed by atoms with Gasteiger partial charge >= 0.3 is 5.97 Å². The van der Waals surface area contributed by atoms with E-state index in [1.54, 1.807) is 0 Å². The molecule has 0 aromatic heterocycles. The first-order valence-corrected chi connectivity index (χ1v) is 4.01. The number of Topliss-reactive ketones (excluding diaryl/α,β-unsaturated/α-hetero) is 1. The predicted octanol–water partition coefficient (Wildman–Crippen LogP) is 0.832. The van der Waals surface area contributed by atoms with Crippen LogP contribution in [0.4, 0.5) is 0 Å². The van der Waals surface area contributed by atoms with Crippen LogP contribution in [0, 0.1) is 0 Å². The van der Waals surface area contributed by atoms with E-state index in [9.17, 15) is 9.59 Å². The fourth-order valence-electron chi connectivity index (χ4n) is 0.277. The fourth-order valence-corrected chi connectivity index (χ4v) is 0.674. The van der Waals surface area contributed by atoms with Gasteiger partial charge in [-0.15, -0.1) is 0 Å². The molecule has 0 aliphatic heterocycles. The topological polar surface area (TPSA) is 43.4 Å². The van der Waals surface area contributed by atoms with Crippen molar-refractivity contribution < 1.29 is 14.1 Å². The highest BCUT2D eigenvalue weighted by atomic mass is 32.4. The zero-order valence-electron chi connectivity index (χ0n) is 4.79. The van der Waals surface area contributed by atoms with Crippen molar-refractivity contribution in [3.8, 4) is 0 Å². The maximum absolute atomic E-state index is 10.3. The van der Waals surface area contributed by atoms with Gasteiger partial charge in [0.05, 0.1) is 0 Å². The minimum absolute atomic E-state index is 0.126. The lowest BCUT2D eigenvalue weighted by Crippen LogP contribution is -2.02. The van der Waals surface area contributed by atoms with Gasteiger partial charge < -0.3 is 4.52 Å². The van der Waals surface area contributed by atoms with E-state index >= 15 is 0 Å². The molecule has 3 nitrogen and oxygen atoms in total. The van der Waals surface area contributed by atoms with E-state index in [1.165, 1.54) is 6.92 Å². The summed E-state index contributed by atoms with van der Waals surface area (Å²) in [6.07, 6.45) is -0.177. The third-order valence-corrected chi connectivity index (χ3v) is 1.03. The van der Waals surface area contributed by atoms with Crippen LogP contribution >= 0.6 is 7.58 Å². The Morgan fingerprint density at radius 2 is 2.22 bits per heavy atom. The van der Waals surface area contributed by atoms with Crippen LogP contribution in [0.2, 0.25) is 0 Å². The van der Waals surface area contributed by atoms with E-state index in [0.717, 1.165) is 0 Å². The monoisotopic (exact) mass is 164 g/mol. The summed E-state index contributed by atoms with van der Waals surface area (Å²) in [5, 5.41) is 0. The number of rotatable bonds is 3. The second-order valence-corrected chi connectivity index (χ2v) is 2.20. The number of ketones is 1. The number of hydrogen-bond acceptors (Lipinski definition) is 4. The van der Waals surface area contributed by atoms with Gasteiger partial charge in [-0.05, 0) is 18.7 Å². The summed E-state index contributed by atoms with van der Waals surface area (Å²) in [5.74, 6) is -0.766. The van der Waals surface area contributed by atoms with E-state index in [0.29, 0.717) is 0 Å². The molecule has 0 bridgehead atoms. The van der Waals surface area contributed by atoms with E-state index in [-0.39, 0.29) is 19.8 Å². The van der Waals surface area contributed by atoms with Crippen LogP contribution in [0.15, 0.2) is 0 Å². The summed E-state index contributed by atoms with van der Waals surface area (Å²) in [5.41, 5.74) is 0. The molecule has 0 radical (unpaired) electrons. The van der Waals surface area contributed by atoms with Crippen molar-refractivity contribution in [3.63, 3.8) is 0 Å². The van der Waals surface area contributed by atoms with Gasteiger partial charge in [-0.25, -0.2) is 0 Å². The van der Waals surface area contributed by atoms with Gasteiger partial charge in [0.2, 0.25) is 7.58 Å². The van der Waals surface area contributed by atoms with Crippen molar-refractivity contribution in [1.29, 1.82) is 0 Å². The molecule has 0 rings (SSSR count). The molecule has 0 aliphatic rings. The highest BCUT2D eigenvalue weighted by molar-refractivity contribution is 7.94. The van der Waals surface area contributed by atoms with E-state index in [4.69, 9.17) is 0 Å². The SMILES string of the molecule is CC(=O)CC(=O)OP=S. The van der Waals surface area contributed by atoms with Gasteiger partial charge in [0, 0.05) is 0 Å². The Balaban J connectivity index is 3.50. The highest BCUT2D eigenvalue weighted by Crippen LogP contribution is 1.98. The average molecular weight is 164 g/mol. The Morgan fingerprint density at radius 1 is 1.67 bits per heavy atom. The van der Waals surface area contributed by atoms with Crippen LogP contribution in [0.3, 0.4) is 0 Å². The molecule has 0 fully saturated rings. The quantitative estimate of drug-likeness (QED) is 0.457. The van der Waals surface area contributed by atoms with Crippen molar-refractivity contribution >= 4 is 31.1 Å². The van der Waals surface area contributed by atoms with Crippen LogP contribution in [0.1, 0.15) is 13.3 Å². The van der Waals surface area contributed by atoms with Gasteiger partial charge in [-0.1, -0.05) is 0 Å². The molecule has 0 aromatic carbocycles. The molecule has 0 unspecified atom stereocenters. The highest BCUT2D eigenvalue weighted by Gasteiger charge is 2.03. The third kappa shape index (κ3) is 5.53. The molecule has 0 aliphatic carbocycles. The molecule has 50 valence electrons. The summed E-state index contributed by atoms with van der Waals surface area (Å²) in [6.45, 7) is 1.32. The summed E-state index contributed by atoms with van der Waals surface area (Å²) >= 11 is 4.30.